The molecule has 0 heterocycles. The van der Waals surface area contributed by atoms with Crippen LogP contribution in [0.15, 0.2) is 68.9 Å². The van der Waals surface area contributed by atoms with E-state index in [0.29, 0.717) is 4.47 Å². The highest BCUT2D eigenvalue weighted by atomic mass is 79.9. The van der Waals surface area contributed by atoms with Gasteiger partial charge in [-0.25, -0.2) is 8.42 Å². The van der Waals surface area contributed by atoms with Gasteiger partial charge in [0.2, 0.25) is 0 Å². The van der Waals surface area contributed by atoms with Crippen LogP contribution in [0, 0.1) is 0 Å². The molecule has 0 spiro atoms. The maximum Gasteiger partial charge on any atom is 0.340 e. The van der Waals surface area contributed by atoms with Gasteiger partial charge in [0.15, 0.2) is 15.6 Å². The van der Waals surface area contributed by atoms with Crippen molar-refractivity contribution in [1.29, 1.82) is 0 Å². The molecule has 0 saturated carbocycles. The molecule has 0 atom stereocenters. The lowest BCUT2D eigenvalue weighted by Crippen LogP contribution is -2.12. The zero-order chi connectivity index (χ0) is 19.1. The number of halogens is 2. The quantitative estimate of drug-likeness (QED) is 0.522. The minimum Gasteiger partial charge on any atom is -0.378 e. The van der Waals surface area contributed by atoms with E-state index < -0.39 is 24.9 Å². The highest BCUT2D eigenvalue weighted by Gasteiger charge is 2.24. The van der Waals surface area contributed by atoms with E-state index in [1.54, 1.807) is 6.07 Å². The average Bonchev–Trinajstić information content (AvgIpc) is 2.57. The number of fused-ring (bicyclic) bond motifs is 1. The Morgan fingerprint density at radius 1 is 0.962 bits per heavy atom. The first kappa shape index (κ1) is 19.2. The summed E-state index contributed by atoms with van der Waals surface area (Å²) in [5, 5.41) is 1.55. The monoisotopic (exact) mass is 474 g/mol. The van der Waals surface area contributed by atoms with Crippen LogP contribution in [-0.4, -0.2) is 23.1 Å². The third kappa shape index (κ3) is 3.73. The molecule has 0 aromatic heterocycles. The van der Waals surface area contributed by atoms with Crippen molar-refractivity contribution in [2.24, 2.45) is 0 Å². The van der Waals surface area contributed by atoms with Gasteiger partial charge in [0, 0.05) is 6.26 Å². The second-order valence-electron chi connectivity index (χ2n) is 5.50. The first-order chi connectivity index (χ1) is 12.1. The van der Waals surface area contributed by atoms with E-state index in [0.717, 1.165) is 23.1 Å². The van der Waals surface area contributed by atoms with E-state index in [1.807, 2.05) is 24.3 Å². The summed E-state index contributed by atoms with van der Waals surface area (Å²) in [5.41, 5.74) is 0. The van der Waals surface area contributed by atoms with E-state index in [4.69, 9.17) is 15.8 Å². The topological polar surface area (TPSA) is 77.5 Å². The molecule has 3 aromatic rings. The number of hydrogen-bond donors (Lipinski definition) is 0. The van der Waals surface area contributed by atoms with Crippen LogP contribution >= 0.6 is 27.5 Å². The van der Waals surface area contributed by atoms with Gasteiger partial charge in [-0.05, 0) is 51.0 Å². The van der Waals surface area contributed by atoms with Gasteiger partial charge in [-0.3, -0.25) is 0 Å². The van der Waals surface area contributed by atoms with Crippen LogP contribution in [0.2, 0.25) is 5.02 Å². The van der Waals surface area contributed by atoms with Crippen LogP contribution in [-0.2, 0) is 20.0 Å². The Morgan fingerprint density at radius 3 is 2.35 bits per heavy atom. The van der Waals surface area contributed by atoms with Gasteiger partial charge in [0.1, 0.15) is 4.90 Å². The highest BCUT2D eigenvalue weighted by molar-refractivity contribution is 9.10. The standard InChI is InChI=1S/C17H12BrClO5S2/c1-25(20,21)12-7-8-14(19)16(10-12)26(22,23)24-15-9-6-11-4-2-3-5-13(11)17(15)18/h2-10H,1H3. The highest BCUT2D eigenvalue weighted by Crippen LogP contribution is 2.36. The van der Waals surface area contributed by atoms with Crippen LogP contribution in [0.1, 0.15) is 0 Å². The molecule has 0 saturated heterocycles. The SMILES string of the molecule is CS(=O)(=O)c1ccc(Cl)c(S(=O)(=O)Oc2ccc3ccccc3c2Br)c1. The number of rotatable bonds is 4. The van der Waals surface area contributed by atoms with E-state index in [-0.39, 0.29) is 15.7 Å². The van der Waals surface area contributed by atoms with Crippen molar-refractivity contribution in [1.82, 2.24) is 0 Å². The van der Waals surface area contributed by atoms with Gasteiger partial charge in [-0.15, -0.1) is 0 Å². The van der Waals surface area contributed by atoms with Gasteiger partial charge in [-0.2, -0.15) is 8.42 Å². The molecular weight excluding hydrogens is 464 g/mol. The van der Waals surface area contributed by atoms with Gasteiger partial charge < -0.3 is 4.18 Å². The maximum atomic E-state index is 12.7. The third-order valence-corrected chi connectivity index (χ3v) is 7.27. The largest absolute Gasteiger partial charge is 0.378 e. The fourth-order valence-electron chi connectivity index (χ4n) is 2.35. The van der Waals surface area contributed by atoms with Gasteiger partial charge in [-0.1, -0.05) is 41.9 Å². The van der Waals surface area contributed by atoms with Gasteiger partial charge in [0.05, 0.1) is 14.4 Å². The Labute approximate surface area is 164 Å². The lowest BCUT2D eigenvalue weighted by atomic mass is 10.1. The van der Waals surface area contributed by atoms with Crippen molar-refractivity contribution in [2.45, 2.75) is 9.79 Å². The molecule has 0 bridgehead atoms. The molecule has 0 radical (unpaired) electrons. The molecular formula is C17H12BrClO5S2. The Kier molecular flexibility index (Phi) is 5.04. The zero-order valence-corrected chi connectivity index (χ0v) is 17.3. The Bertz CT molecular complexity index is 1220. The third-order valence-electron chi connectivity index (χ3n) is 3.63. The average molecular weight is 476 g/mol. The molecule has 3 aromatic carbocycles. The normalized spacial score (nSPS) is 12.3. The molecule has 3 rings (SSSR count). The molecule has 0 aliphatic heterocycles. The first-order valence-electron chi connectivity index (χ1n) is 7.21. The van der Waals surface area contributed by atoms with E-state index >= 15 is 0 Å². The van der Waals surface area contributed by atoms with Crippen molar-refractivity contribution >= 4 is 58.3 Å². The fourth-order valence-corrected chi connectivity index (χ4v) is 5.19. The Hall–Kier alpha value is -1.61. The van der Waals surface area contributed by atoms with Crippen LogP contribution < -0.4 is 4.18 Å². The van der Waals surface area contributed by atoms with Crippen molar-refractivity contribution in [3.63, 3.8) is 0 Å². The fraction of sp³-hybridized carbons (Fsp3) is 0.0588. The van der Waals surface area contributed by atoms with Crippen LogP contribution in [0.25, 0.3) is 10.8 Å². The van der Waals surface area contributed by atoms with E-state index in [2.05, 4.69) is 15.9 Å². The Balaban J connectivity index is 2.09. The number of benzene rings is 3. The maximum absolute atomic E-state index is 12.7. The summed E-state index contributed by atoms with van der Waals surface area (Å²) in [5.74, 6) is 0.0736. The second kappa shape index (κ2) is 6.84. The van der Waals surface area contributed by atoms with E-state index in [9.17, 15) is 16.8 Å². The summed E-state index contributed by atoms with van der Waals surface area (Å²) in [6.07, 6.45) is 0.980. The molecule has 0 fully saturated rings. The van der Waals surface area contributed by atoms with Crippen molar-refractivity contribution in [2.75, 3.05) is 6.26 Å². The summed E-state index contributed by atoms with van der Waals surface area (Å²) < 4.78 is 54.4. The van der Waals surface area contributed by atoms with Gasteiger partial charge in [0.25, 0.3) is 0 Å². The predicted octanol–water partition coefficient (Wildman–Crippen LogP) is 4.43. The summed E-state index contributed by atoms with van der Waals surface area (Å²) in [4.78, 5) is -0.580. The summed E-state index contributed by atoms with van der Waals surface area (Å²) in [6.45, 7) is 0. The molecule has 9 heteroatoms. The lowest BCUT2D eigenvalue weighted by Gasteiger charge is -2.12. The molecule has 0 unspecified atom stereocenters. The van der Waals surface area contributed by atoms with Crippen LogP contribution in [0.3, 0.4) is 0 Å². The van der Waals surface area contributed by atoms with Crippen molar-refractivity contribution in [3.8, 4) is 5.75 Å². The van der Waals surface area contributed by atoms with Crippen LogP contribution in [0.5, 0.6) is 5.75 Å². The first-order valence-corrected chi connectivity index (χ1v) is 11.7. The predicted molar refractivity (Wildman–Crippen MR) is 104 cm³/mol. The minimum atomic E-state index is -4.34. The Morgan fingerprint density at radius 2 is 1.65 bits per heavy atom. The lowest BCUT2D eigenvalue weighted by molar-refractivity contribution is 0.485. The number of hydrogen-bond acceptors (Lipinski definition) is 5. The second-order valence-corrected chi connectivity index (χ2v) is 10.2. The molecule has 0 aliphatic rings. The number of sulfone groups is 1. The summed E-state index contributed by atoms with van der Waals surface area (Å²) in [7, 11) is -7.94. The van der Waals surface area contributed by atoms with Crippen LogP contribution in [0.4, 0.5) is 0 Å². The summed E-state index contributed by atoms with van der Waals surface area (Å²) >= 11 is 9.32. The molecule has 0 amide bonds. The molecule has 136 valence electrons. The summed E-state index contributed by atoms with van der Waals surface area (Å²) in [6, 6.07) is 14.0. The zero-order valence-electron chi connectivity index (χ0n) is 13.3. The molecule has 0 aliphatic carbocycles. The molecule has 0 N–H and O–H groups in total. The molecule has 26 heavy (non-hydrogen) atoms. The van der Waals surface area contributed by atoms with Crippen molar-refractivity contribution < 1.29 is 21.0 Å². The van der Waals surface area contributed by atoms with E-state index in [1.165, 1.54) is 18.2 Å². The van der Waals surface area contributed by atoms with Crippen molar-refractivity contribution in [3.05, 3.63) is 64.1 Å². The minimum absolute atomic E-state index is 0.0736. The van der Waals surface area contributed by atoms with Gasteiger partial charge >= 0.3 is 10.1 Å². The smallest absolute Gasteiger partial charge is 0.340 e. The molecule has 5 nitrogen and oxygen atoms in total.